The molecule has 2 nitrogen and oxygen atoms in total. The van der Waals surface area contributed by atoms with Gasteiger partial charge in [-0.05, 0) is 19.9 Å². The number of fused-ring (bicyclic) bond motifs is 1. The number of hydrogen-bond acceptors (Lipinski definition) is 2. The van der Waals surface area contributed by atoms with Gasteiger partial charge in [0.2, 0.25) is 0 Å². The second-order valence-electron chi connectivity index (χ2n) is 2.95. The zero-order valence-electron chi connectivity index (χ0n) is 6.70. The minimum atomic E-state index is 0.255. The molecule has 0 radical (unpaired) electrons. The van der Waals surface area contributed by atoms with Crippen LogP contribution in [0.2, 0.25) is 0 Å². The molecule has 1 aliphatic heterocycles. The number of hydrogen-bond donors (Lipinski definition) is 0. The lowest BCUT2D eigenvalue weighted by Gasteiger charge is -2.00. The summed E-state index contributed by atoms with van der Waals surface area (Å²) < 4.78 is 0. The smallest absolute Gasteiger partial charge is 0.0955 e. The number of aryl methyl sites for hydroxylation is 1. The van der Waals surface area contributed by atoms with E-state index in [2.05, 4.69) is 36.2 Å². The minimum Gasteiger partial charge on any atom is -0.181 e. The van der Waals surface area contributed by atoms with E-state index in [1.165, 1.54) is 11.1 Å². The van der Waals surface area contributed by atoms with Crippen molar-refractivity contribution in [3.63, 3.8) is 0 Å². The van der Waals surface area contributed by atoms with Crippen molar-refractivity contribution in [1.29, 1.82) is 0 Å². The van der Waals surface area contributed by atoms with Crippen molar-refractivity contribution in [2.75, 3.05) is 0 Å². The van der Waals surface area contributed by atoms with Crippen LogP contribution in [0, 0.1) is 6.92 Å². The first-order chi connectivity index (χ1) is 5.27. The van der Waals surface area contributed by atoms with E-state index in [9.17, 15) is 0 Å². The van der Waals surface area contributed by atoms with Crippen LogP contribution in [0.25, 0.3) is 0 Å². The second kappa shape index (κ2) is 2.16. The topological polar surface area (TPSA) is 24.7 Å². The van der Waals surface area contributed by atoms with Crippen LogP contribution in [-0.4, -0.2) is 0 Å². The number of rotatable bonds is 0. The number of nitrogens with zero attached hydrogens (tertiary/aromatic N) is 2. The maximum atomic E-state index is 4.07. The lowest BCUT2D eigenvalue weighted by molar-refractivity contribution is 0.811. The van der Waals surface area contributed by atoms with Gasteiger partial charge in [0.05, 0.1) is 11.7 Å². The molecule has 1 atom stereocenters. The molecular formula is C9H10N2. The monoisotopic (exact) mass is 146 g/mol. The number of azo groups is 1. The van der Waals surface area contributed by atoms with Gasteiger partial charge in [0, 0.05) is 5.56 Å². The average molecular weight is 146 g/mol. The molecule has 0 spiro atoms. The van der Waals surface area contributed by atoms with Gasteiger partial charge in [-0.2, -0.15) is 10.2 Å². The van der Waals surface area contributed by atoms with Crippen LogP contribution in [0.15, 0.2) is 28.4 Å². The molecule has 2 heteroatoms. The van der Waals surface area contributed by atoms with E-state index in [1.54, 1.807) is 0 Å². The molecule has 1 heterocycles. The zero-order chi connectivity index (χ0) is 7.84. The van der Waals surface area contributed by atoms with Gasteiger partial charge in [-0.1, -0.05) is 17.7 Å². The maximum Gasteiger partial charge on any atom is 0.0955 e. The fourth-order valence-corrected chi connectivity index (χ4v) is 1.31. The minimum absolute atomic E-state index is 0.255. The van der Waals surface area contributed by atoms with E-state index in [-0.39, 0.29) is 6.04 Å². The third kappa shape index (κ3) is 0.946. The SMILES string of the molecule is Cc1ccc2c(c1)C(C)N=N2. The Hall–Kier alpha value is -1.18. The molecule has 0 aliphatic carbocycles. The molecule has 1 aliphatic rings. The molecule has 11 heavy (non-hydrogen) atoms. The molecule has 0 bridgehead atoms. The zero-order valence-corrected chi connectivity index (χ0v) is 6.70. The highest BCUT2D eigenvalue weighted by atomic mass is 15.2. The highest BCUT2D eigenvalue weighted by Gasteiger charge is 2.14. The molecule has 0 aromatic heterocycles. The lowest BCUT2D eigenvalue weighted by atomic mass is 10.1. The van der Waals surface area contributed by atoms with Crippen LogP contribution < -0.4 is 0 Å². The number of benzene rings is 1. The summed E-state index contributed by atoms with van der Waals surface area (Å²) >= 11 is 0. The van der Waals surface area contributed by atoms with E-state index >= 15 is 0 Å². The Morgan fingerprint density at radius 1 is 1.36 bits per heavy atom. The van der Waals surface area contributed by atoms with Crippen LogP contribution >= 0.6 is 0 Å². The van der Waals surface area contributed by atoms with E-state index < -0.39 is 0 Å². The molecule has 2 rings (SSSR count). The summed E-state index contributed by atoms with van der Waals surface area (Å²) in [5, 5.41) is 8.12. The van der Waals surface area contributed by atoms with E-state index in [4.69, 9.17) is 0 Å². The molecule has 0 fully saturated rings. The third-order valence-corrected chi connectivity index (χ3v) is 1.97. The van der Waals surface area contributed by atoms with Gasteiger partial charge in [-0.3, -0.25) is 0 Å². The van der Waals surface area contributed by atoms with Gasteiger partial charge in [-0.25, -0.2) is 0 Å². The quantitative estimate of drug-likeness (QED) is 0.537. The van der Waals surface area contributed by atoms with Crippen LogP contribution in [-0.2, 0) is 0 Å². The average Bonchev–Trinajstić information content (AvgIpc) is 2.33. The van der Waals surface area contributed by atoms with Crippen LogP contribution in [0.3, 0.4) is 0 Å². The predicted octanol–water partition coefficient (Wildman–Crippen LogP) is 3.15. The van der Waals surface area contributed by atoms with Gasteiger partial charge < -0.3 is 0 Å². The van der Waals surface area contributed by atoms with Crippen molar-refractivity contribution in [1.82, 2.24) is 0 Å². The first-order valence-electron chi connectivity index (χ1n) is 3.79. The van der Waals surface area contributed by atoms with Gasteiger partial charge in [0.25, 0.3) is 0 Å². The Morgan fingerprint density at radius 3 is 3.00 bits per heavy atom. The van der Waals surface area contributed by atoms with Crippen LogP contribution in [0.5, 0.6) is 0 Å². The summed E-state index contributed by atoms with van der Waals surface area (Å²) in [7, 11) is 0. The third-order valence-electron chi connectivity index (χ3n) is 1.97. The molecule has 0 saturated carbocycles. The lowest BCUT2D eigenvalue weighted by Crippen LogP contribution is -1.84. The Morgan fingerprint density at radius 2 is 2.18 bits per heavy atom. The summed E-state index contributed by atoms with van der Waals surface area (Å²) in [6.07, 6.45) is 0. The molecule has 1 aromatic rings. The molecule has 1 unspecified atom stereocenters. The molecule has 1 aromatic carbocycles. The van der Waals surface area contributed by atoms with Crippen molar-refractivity contribution in [3.05, 3.63) is 29.3 Å². The van der Waals surface area contributed by atoms with Gasteiger partial charge >= 0.3 is 0 Å². The largest absolute Gasteiger partial charge is 0.181 e. The van der Waals surface area contributed by atoms with Gasteiger partial charge in [0.1, 0.15) is 0 Å². The summed E-state index contributed by atoms with van der Waals surface area (Å²) in [6.45, 7) is 4.15. The summed E-state index contributed by atoms with van der Waals surface area (Å²) in [4.78, 5) is 0. The van der Waals surface area contributed by atoms with E-state index in [0.29, 0.717) is 0 Å². The maximum absolute atomic E-state index is 4.07. The van der Waals surface area contributed by atoms with Crippen molar-refractivity contribution in [3.8, 4) is 0 Å². The predicted molar refractivity (Wildman–Crippen MR) is 44.1 cm³/mol. The molecule has 0 N–H and O–H groups in total. The van der Waals surface area contributed by atoms with E-state index in [0.717, 1.165) is 5.69 Å². The molecule has 0 amide bonds. The van der Waals surface area contributed by atoms with Crippen molar-refractivity contribution in [2.45, 2.75) is 19.9 Å². The van der Waals surface area contributed by atoms with Crippen molar-refractivity contribution < 1.29 is 0 Å². The molecule has 56 valence electrons. The summed E-state index contributed by atoms with van der Waals surface area (Å²) in [5.41, 5.74) is 3.57. The molecule has 0 saturated heterocycles. The fraction of sp³-hybridized carbons (Fsp3) is 0.333. The summed E-state index contributed by atoms with van der Waals surface area (Å²) in [5.74, 6) is 0. The Kier molecular flexibility index (Phi) is 1.28. The Bertz CT molecular complexity index is 315. The Labute approximate surface area is 66.0 Å². The summed E-state index contributed by atoms with van der Waals surface area (Å²) in [6, 6.07) is 6.50. The first kappa shape index (κ1) is 6.53. The first-order valence-corrected chi connectivity index (χ1v) is 3.79. The van der Waals surface area contributed by atoms with Crippen molar-refractivity contribution in [2.24, 2.45) is 10.2 Å². The fourth-order valence-electron chi connectivity index (χ4n) is 1.31. The van der Waals surface area contributed by atoms with Crippen LogP contribution in [0.1, 0.15) is 24.1 Å². The van der Waals surface area contributed by atoms with E-state index in [1.807, 2.05) is 6.07 Å². The standard InChI is InChI=1S/C9H10N2/c1-6-3-4-9-8(5-6)7(2)10-11-9/h3-5,7H,1-2H3. The van der Waals surface area contributed by atoms with Gasteiger partial charge in [-0.15, -0.1) is 0 Å². The van der Waals surface area contributed by atoms with Crippen LogP contribution in [0.4, 0.5) is 5.69 Å². The van der Waals surface area contributed by atoms with Gasteiger partial charge in [0.15, 0.2) is 0 Å². The highest BCUT2D eigenvalue weighted by Crippen LogP contribution is 2.35. The molecular weight excluding hydrogens is 136 g/mol. The Balaban J connectivity index is 2.58. The normalized spacial score (nSPS) is 20.4. The van der Waals surface area contributed by atoms with Crippen molar-refractivity contribution >= 4 is 5.69 Å². The second-order valence-corrected chi connectivity index (χ2v) is 2.95. The highest BCUT2D eigenvalue weighted by molar-refractivity contribution is 5.50.